The summed E-state index contributed by atoms with van der Waals surface area (Å²) >= 11 is 0. The summed E-state index contributed by atoms with van der Waals surface area (Å²) in [5.74, 6) is -1.86. The van der Waals surface area contributed by atoms with Crippen molar-refractivity contribution in [2.24, 2.45) is 5.73 Å². The van der Waals surface area contributed by atoms with Gasteiger partial charge in [-0.15, -0.1) is 0 Å². The molecule has 12 heteroatoms. The summed E-state index contributed by atoms with van der Waals surface area (Å²) in [6, 6.07) is -2.93. The van der Waals surface area contributed by atoms with E-state index in [2.05, 4.69) is 16.0 Å². The van der Waals surface area contributed by atoms with Gasteiger partial charge in [-0.3, -0.25) is 9.59 Å². The molecule has 0 aliphatic carbocycles. The summed E-state index contributed by atoms with van der Waals surface area (Å²) in [5.41, 5.74) is 3.20. The summed E-state index contributed by atoms with van der Waals surface area (Å²) < 4.78 is 16.3. The molecule has 0 spiro atoms. The molecule has 0 aromatic carbocycles. The molecule has 0 saturated carbocycles. The number of urea groups is 1. The predicted octanol–water partition coefficient (Wildman–Crippen LogP) is 4.41. The summed E-state index contributed by atoms with van der Waals surface area (Å²) in [7, 11) is 0. The zero-order valence-corrected chi connectivity index (χ0v) is 28.7. The third-order valence-electron chi connectivity index (χ3n) is 5.90. The smallest absolute Gasteiger partial charge is 0.329 e. The minimum atomic E-state index is -1.16. The quantitative estimate of drug-likeness (QED) is 0.0917. The van der Waals surface area contributed by atoms with Gasteiger partial charge < -0.3 is 35.9 Å². The van der Waals surface area contributed by atoms with Crippen molar-refractivity contribution < 1.29 is 38.2 Å². The molecule has 0 aromatic rings. The number of nitrogens with one attached hydrogen (secondary N) is 3. The topological polar surface area (TPSA) is 175 Å². The van der Waals surface area contributed by atoms with Crippen LogP contribution in [0.25, 0.3) is 0 Å². The van der Waals surface area contributed by atoms with Crippen molar-refractivity contribution in [2.75, 3.05) is 13.1 Å². The first-order valence-corrected chi connectivity index (χ1v) is 15.9. The summed E-state index contributed by atoms with van der Waals surface area (Å²) in [5, 5.41) is 8.07. The van der Waals surface area contributed by atoms with Gasteiger partial charge in [0.25, 0.3) is 0 Å². The molecule has 256 valence electrons. The molecule has 3 amide bonds. The minimum Gasteiger partial charge on any atom is -0.460 e. The first-order valence-electron chi connectivity index (χ1n) is 15.9. The van der Waals surface area contributed by atoms with E-state index >= 15 is 0 Å². The Balaban J connectivity index is 5.15. The van der Waals surface area contributed by atoms with Crippen molar-refractivity contribution in [3.05, 3.63) is 0 Å². The normalized spacial score (nSPS) is 13.3. The van der Waals surface area contributed by atoms with Crippen LogP contribution in [0.1, 0.15) is 133 Å². The van der Waals surface area contributed by atoms with Crippen LogP contribution in [0.5, 0.6) is 0 Å². The van der Waals surface area contributed by atoms with Gasteiger partial charge in [0.2, 0.25) is 5.91 Å². The lowest BCUT2D eigenvalue weighted by molar-refractivity contribution is -0.159. The molecule has 0 saturated heterocycles. The van der Waals surface area contributed by atoms with Crippen LogP contribution < -0.4 is 21.7 Å². The van der Waals surface area contributed by atoms with Crippen LogP contribution in [-0.4, -0.2) is 71.8 Å². The average molecular weight is 629 g/mol. The number of carbonyl (C=O) groups excluding carboxylic acids is 5. The van der Waals surface area contributed by atoms with Gasteiger partial charge in [0, 0.05) is 19.4 Å². The monoisotopic (exact) mass is 628 g/mol. The SMILES string of the molecule is CC(C)(C)OC(=O)CCC(NC(=O)NC(CCCCNC(=O)CCCCCCCN)C(=O)OC(C)(C)C)C(=O)OC(C)(C)C. The van der Waals surface area contributed by atoms with Gasteiger partial charge in [0.05, 0.1) is 0 Å². The van der Waals surface area contributed by atoms with Crippen molar-refractivity contribution in [1.29, 1.82) is 0 Å². The van der Waals surface area contributed by atoms with E-state index in [1.807, 2.05) is 0 Å². The standard InChI is InChI=1S/C32H60N4O8/c1-30(2,3)42-26(38)20-19-24(28(40)44-32(7,8)9)36-29(41)35-23(27(39)43-31(4,5)6)17-14-16-22-34-25(37)18-13-11-10-12-15-21-33/h23-24H,10-22,33H2,1-9H3,(H,34,37)(H2,35,36,41). The Morgan fingerprint density at radius 3 is 1.57 bits per heavy atom. The molecule has 0 aliphatic rings. The third kappa shape index (κ3) is 23.6. The highest BCUT2D eigenvalue weighted by Crippen LogP contribution is 2.15. The molecule has 0 rings (SSSR count). The van der Waals surface area contributed by atoms with Gasteiger partial charge >= 0.3 is 23.9 Å². The van der Waals surface area contributed by atoms with Crippen LogP contribution >= 0.6 is 0 Å². The molecule has 0 heterocycles. The lowest BCUT2D eigenvalue weighted by atomic mass is 10.1. The van der Waals surface area contributed by atoms with Gasteiger partial charge in [-0.2, -0.15) is 0 Å². The average Bonchev–Trinajstić information content (AvgIpc) is 2.84. The van der Waals surface area contributed by atoms with Crippen molar-refractivity contribution in [2.45, 2.75) is 162 Å². The number of hydrogen-bond donors (Lipinski definition) is 4. The molecule has 0 aliphatic heterocycles. The lowest BCUT2D eigenvalue weighted by Crippen LogP contribution is -2.53. The van der Waals surface area contributed by atoms with E-state index in [4.69, 9.17) is 19.9 Å². The number of carbonyl (C=O) groups is 5. The van der Waals surface area contributed by atoms with E-state index in [-0.39, 0.29) is 25.2 Å². The van der Waals surface area contributed by atoms with E-state index in [9.17, 15) is 24.0 Å². The van der Waals surface area contributed by atoms with E-state index in [1.165, 1.54) is 0 Å². The largest absolute Gasteiger partial charge is 0.460 e. The first-order chi connectivity index (χ1) is 20.2. The Labute approximate surface area is 264 Å². The van der Waals surface area contributed by atoms with Crippen LogP contribution in [-0.2, 0) is 33.4 Å². The fourth-order valence-electron chi connectivity index (χ4n) is 4.01. The number of unbranched alkanes of at least 4 members (excludes halogenated alkanes) is 5. The van der Waals surface area contributed by atoms with Gasteiger partial charge in [-0.1, -0.05) is 19.3 Å². The van der Waals surface area contributed by atoms with Crippen LogP contribution in [0.4, 0.5) is 4.79 Å². The lowest BCUT2D eigenvalue weighted by Gasteiger charge is -2.27. The predicted molar refractivity (Wildman–Crippen MR) is 170 cm³/mol. The fraction of sp³-hybridized carbons (Fsp3) is 0.844. The highest BCUT2D eigenvalue weighted by atomic mass is 16.6. The molecule has 2 atom stereocenters. The third-order valence-corrected chi connectivity index (χ3v) is 5.90. The molecule has 0 radical (unpaired) electrons. The van der Waals surface area contributed by atoms with E-state index < -0.39 is 52.8 Å². The zero-order valence-electron chi connectivity index (χ0n) is 28.7. The number of esters is 3. The second-order valence-corrected chi connectivity index (χ2v) is 14.1. The Bertz CT molecular complexity index is 903. The molecular weight excluding hydrogens is 568 g/mol. The molecule has 0 aromatic heterocycles. The molecule has 2 unspecified atom stereocenters. The minimum absolute atomic E-state index is 0.00964. The second kappa shape index (κ2) is 20.2. The number of nitrogens with two attached hydrogens (primary N) is 1. The molecule has 0 fully saturated rings. The number of amides is 3. The van der Waals surface area contributed by atoms with Crippen LogP contribution in [0.15, 0.2) is 0 Å². The highest BCUT2D eigenvalue weighted by Gasteiger charge is 2.31. The number of rotatable bonds is 19. The number of hydrogen-bond acceptors (Lipinski definition) is 9. The maximum atomic E-state index is 13.0. The van der Waals surface area contributed by atoms with Gasteiger partial charge in [-0.05, 0) is 107 Å². The summed E-state index contributed by atoms with van der Waals surface area (Å²) in [4.78, 5) is 63.2. The van der Waals surface area contributed by atoms with Crippen LogP contribution in [0.2, 0.25) is 0 Å². The van der Waals surface area contributed by atoms with Crippen molar-refractivity contribution in [3.63, 3.8) is 0 Å². The Morgan fingerprint density at radius 2 is 1.07 bits per heavy atom. The van der Waals surface area contributed by atoms with Gasteiger partial charge in [0.1, 0.15) is 28.9 Å². The molecule has 44 heavy (non-hydrogen) atoms. The fourth-order valence-corrected chi connectivity index (χ4v) is 4.01. The van der Waals surface area contributed by atoms with E-state index in [0.717, 1.165) is 32.1 Å². The van der Waals surface area contributed by atoms with Crippen LogP contribution in [0, 0.1) is 0 Å². The second-order valence-electron chi connectivity index (χ2n) is 14.1. The molecule has 5 N–H and O–H groups in total. The zero-order chi connectivity index (χ0) is 34.0. The molecule has 0 bridgehead atoms. The number of ether oxygens (including phenoxy) is 3. The molecular formula is C32H60N4O8. The van der Waals surface area contributed by atoms with Crippen molar-refractivity contribution >= 4 is 29.8 Å². The Kier molecular flexibility index (Phi) is 18.9. The van der Waals surface area contributed by atoms with Crippen molar-refractivity contribution in [1.82, 2.24) is 16.0 Å². The highest BCUT2D eigenvalue weighted by molar-refractivity contribution is 5.87. The summed E-state index contributed by atoms with van der Waals surface area (Å²) in [6.07, 6.45) is 6.65. The molecule has 12 nitrogen and oxygen atoms in total. The Morgan fingerprint density at radius 1 is 0.591 bits per heavy atom. The van der Waals surface area contributed by atoms with E-state index in [0.29, 0.717) is 32.4 Å². The van der Waals surface area contributed by atoms with Gasteiger partial charge in [0.15, 0.2) is 0 Å². The summed E-state index contributed by atoms with van der Waals surface area (Å²) in [6.45, 7) is 16.6. The first kappa shape index (κ1) is 41.1. The maximum Gasteiger partial charge on any atom is 0.329 e. The van der Waals surface area contributed by atoms with Crippen molar-refractivity contribution in [3.8, 4) is 0 Å². The van der Waals surface area contributed by atoms with E-state index in [1.54, 1.807) is 62.3 Å². The van der Waals surface area contributed by atoms with Crippen LogP contribution in [0.3, 0.4) is 0 Å². The maximum absolute atomic E-state index is 13.0. The van der Waals surface area contributed by atoms with Gasteiger partial charge in [-0.25, -0.2) is 14.4 Å². The Hall–Kier alpha value is -2.89.